The second kappa shape index (κ2) is 16.5. The zero-order valence-electron chi connectivity index (χ0n) is 40.3. The van der Waals surface area contributed by atoms with Crippen LogP contribution in [0.3, 0.4) is 0 Å². The Morgan fingerprint density at radius 1 is 0.292 bits per heavy atom. The second-order valence-electron chi connectivity index (χ2n) is 19.7. The summed E-state index contributed by atoms with van der Waals surface area (Å²) >= 11 is 0. The minimum Gasteiger partial charge on any atom is -0.310 e. The van der Waals surface area contributed by atoms with Crippen LogP contribution in [0.15, 0.2) is 267 Å². The van der Waals surface area contributed by atoms with Crippen LogP contribution < -0.4 is 46.4 Å². The Labute approximate surface area is 423 Å². The molecule has 11 aromatic carbocycles. The number of nitrogens with zero attached hydrogens (tertiary/aromatic N) is 2. The third kappa shape index (κ3) is 6.13. The van der Waals surface area contributed by atoms with Crippen LogP contribution >= 0.6 is 0 Å². The third-order valence-electron chi connectivity index (χ3n) is 15.9. The fraction of sp³-hybridized carbons (Fsp3) is 0.0294. The van der Waals surface area contributed by atoms with Gasteiger partial charge in [0.05, 0.1) is 11.0 Å². The summed E-state index contributed by atoms with van der Waals surface area (Å²) in [5.74, 6) is 0. The maximum absolute atomic E-state index is 2.82. The molecule has 72 heavy (non-hydrogen) atoms. The van der Waals surface area contributed by atoms with Gasteiger partial charge in [-0.15, -0.1) is 0 Å². The molecule has 3 heterocycles. The Hall–Kier alpha value is -8.55. The first kappa shape index (κ1) is 42.3. The van der Waals surface area contributed by atoms with Gasteiger partial charge in [0.2, 0.25) is 0 Å². The number of rotatable bonds is 8. The Kier molecular flexibility index (Phi) is 9.72. The average molecular weight is 951 g/mol. The zero-order chi connectivity index (χ0) is 48.0. The molecule has 0 atom stereocenters. The predicted octanol–water partition coefficient (Wildman–Crippen LogP) is 11.6. The third-order valence-corrected chi connectivity index (χ3v) is 25.6. The molecular weight excluding hydrogens is 901 g/mol. The van der Waals surface area contributed by atoms with E-state index in [9.17, 15) is 0 Å². The van der Waals surface area contributed by atoms with Gasteiger partial charge >= 0.3 is 0 Å². The highest BCUT2D eigenvalue weighted by molar-refractivity contribution is 7.23. The summed E-state index contributed by atoms with van der Waals surface area (Å²) in [6, 6.07) is 102. The van der Waals surface area contributed by atoms with Gasteiger partial charge in [0.25, 0.3) is 0 Å². The van der Waals surface area contributed by atoms with Gasteiger partial charge < -0.3 is 9.47 Å². The summed E-state index contributed by atoms with van der Waals surface area (Å²) in [5, 5.41) is 14.0. The van der Waals surface area contributed by atoms with Crippen molar-refractivity contribution >= 4 is 96.5 Å². The van der Waals surface area contributed by atoms with Crippen molar-refractivity contribution in [2.24, 2.45) is 0 Å². The highest BCUT2D eigenvalue weighted by atomic mass is 28.3. The molecule has 0 fully saturated rings. The summed E-state index contributed by atoms with van der Waals surface area (Å²) in [5.41, 5.74) is 14.8. The summed E-state index contributed by atoms with van der Waals surface area (Å²) in [6.45, 7) is 4.31. The minimum atomic E-state index is -2.82. The number of aryl methyl sites for hydroxylation is 2. The zero-order valence-corrected chi connectivity index (χ0v) is 42.3. The largest absolute Gasteiger partial charge is 0.310 e. The van der Waals surface area contributed by atoms with Gasteiger partial charge in [-0.25, -0.2) is 0 Å². The standard InChI is InChI=1S/C68H50N2Si2/c1-47-32-36-49(37-33-47)69(50-38-34-48(2)35-39-50)51-18-17-19-52(44-51)70-63-42-40-55(71(53-20-5-3-6-21-53)65-28-13-9-24-57(65)58-25-10-14-29-66(58)71)45-61(63)62-46-56(41-43-64(62)70)72(54-22-7-4-8-23-54)67-30-15-11-26-59(67)60-27-12-16-31-68(60)72/h3-46H,1-2H3. The van der Waals surface area contributed by atoms with Crippen LogP contribution in [0, 0.1) is 13.8 Å². The molecule has 0 amide bonds. The van der Waals surface area contributed by atoms with Crippen LogP contribution in [0.2, 0.25) is 0 Å². The van der Waals surface area contributed by atoms with E-state index in [1.165, 1.54) is 96.7 Å². The van der Waals surface area contributed by atoms with E-state index >= 15 is 0 Å². The monoisotopic (exact) mass is 950 g/mol. The van der Waals surface area contributed by atoms with Gasteiger partial charge in [0.15, 0.2) is 16.1 Å². The van der Waals surface area contributed by atoms with Crippen molar-refractivity contribution < 1.29 is 0 Å². The molecule has 0 saturated heterocycles. The van der Waals surface area contributed by atoms with Crippen molar-refractivity contribution in [3.8, 4) is 27.9 Å². The van der Waals surface area contributed by atoms with Crippen LogP contribution in [0.1, 0.15) is 11.1 Å². The maximum atomic E-state index is 2.61. The molecule has 1 aromatic heterocycles. The molecule has 2 aliphatic rings. The summed E-state index contributed by atoms with van der Waals surface area (Å²) in [4.78, 5) is 2.39. The number of hydrogen-bond acceptors (Lipinski definition) is 1. The predicted molar refractivity (Wildman–Crippen MR) is 310 cm³/mol. The van der Waals surface area contributed by atoms with Crippen molar-refractivity contribution in [2.45, 2.75) is 13.8 Å². The second-order valence-corrected chi connectivity index (χ2v) is 27.2. The Bertz CT molecular complexity index is 3730. The minimum absolute atomic E-state index is 1.10. The van der Waals surface area contributed by atoms with Crippen molar-refractivity contribution in [1.82, 2.24) is 4.57 Å². The summed E-state index contributed by atoms with van der Waals surface area (Å²) < 4.78 is 2.53. The van der Waals surface area contributed by atoms with E-state index in [2.05, 4.69) is 290 Å². The molecule has 14 rings (SSSR count). The molecular formula is C68H50N2Si2. The Balaban J connectivity index is 1.07. The average Bonchev–Trinajstić information content (AvgIpc) is 4.05. The van der Waals surface area contributed by atoms with Gasteiger partial charge in [-0.2, -0.15) is 0 Å². The van der Waals surface area contributed by atoms with E-state index in [4.69, 9.17) is 0 Å². The Morgan fingerprint density at radius 3 is 1.07 bits per heavy atom. The highest BCUT2D eigenvalue weighted by Gasteiger charge is 2.50. The van der Waals surface area contributed by atoms with Gasteiger partial charge in [-0.1, -0.05) is 223 Å². The normalized spacial score (nSPS) is 13.6. The Morgan fingerprint density at radius 2 is 0.667 bits per heavy atom. The lowest BCUT2D eigenvalue weighted by atomic mass is 10.1. The fourth-order valence-electron chi connectivity index (χ4n) is 12.8. The number of aromatic nitrogens is 1. The van der Waals surface area contributed by atoms with E-state index in [1.54, 1.807) is 0 Å². The van der Waals surface area contributed by atoms with Gasteiger partial charge in [-0.05, 0) is 132 Å². The maximum Gasteiger partial charge on any atom is 0.180 e. The molecule has 12 aromatic rings. The molecule has 340 valence electrons. The number of anilines is 3. The quantitative estimate of drug-likeness (QED) is 0.138. The molecule has 0 N–H and O–H groups in total. The lowest BCUT2D eigenvalue weighted by Gasteiger charge is -2.31. The fourth-order valence-corrected chi connectivity index (χ4v) is 23.2. The highest BCUT2D eigenvalue weighted by Crippen LogP contribution is 2.39. The lowest BCUT2D eigenvalue weighted by Crippen LogP contribution is -2.72. The number of fused-ring (bicyclic) bond motifs is 9. The molecule has 2 nitrogen and oxygen atoms in total. The molecule has 4 heteroatoms. The van der Waals surface area contributed by atoms with Crippen molar-refractivity contribution in [2.75, 3.05) is 4.90 Å². The smallest absolute Gasteiger partial charge is 0.180 e. The van der Waals surface area contributed by atoms with Crippen molar-refractivity contribution in [3.05, 3.63) is 278 Å². The van der Waals surface area contributed by atoms with Crippen molar-refractivity contribution in [3.63, 3.8) is 0 Å². The first-order chi connectivity index (χ1) is 35.5. The number of hydrogen-bond donors (Lipinski definition) is 0. The van der Waals surface area contributed by atoms with Crippen LogP contribution in [0.4, 0.5) is 17.1 Å². The first-order valence-corrected chi connectivity index (χ1v) is 29.2. The van der Waals surface area contributed by atoms with Gasteiger partial charge in [-0.3, -0.25) is 0 Å². The molecule has 0 spiro atoms. The summed E-state index contributed by atoms with van der Waals surface area (Å²) in [6.07, 6.45) is 0. The van der Waals surface area contributed by atoms with Crippen LogP contribution in [0.5, 0.6) is 0 Å². The molecule has 0 bridgehead atoms. The van der Waals surface area contributed by atoms with E-state index in [1.807, 2.05) is 0 Å². The van der Waals surface area contributed by atoms with Crippen LogP contribution in [-0.4, -0.2) is 20.7 Å². The van der Waals surface area contributed by atoms with Crippen LogP contribution in [0.25, 0.3) is 49.7 Å². The van der Waals surface area contributed by atoms with Crippen molar-refractivity contribution in [1.29, 1.82) is 0 Å². The number of benzene rings is 11. The SMILES string of the molecule is Cc1ccc(N(c2ccc(C)cc2)c2cccc(-n3c4ccc([Si]5(c6ccccc6)c6ccccc6-c6ccccc65)cc4c4cc([Si]5(c6ccccc6)c6ccccc6-c6ccccc65)ccc43)c2)cc1. The first-order valence-electron chi connectivity index (χ1n) is 25.2. The van der Waals surface area contributed by atoms with Crippen LogP contribution in [-0.2, 0) is 0 Å². The van der Waals surface area contributed by atoms with E-state index in [-0.39, 0.29) is 0 Å². The van der Waals surface area contributed by atoms with E-state index in [0.29, 0.717) is 0 Å². The molecule has 0 radical (unpaired) electrons. The molecule has 0 saturated carbocycles. The lowest BCUT2D eigenvalue weighted by molar-refractivity contribution is 1.17. The van der Waals surface area contributed by atoms with E-state index in [0.717, 1.165) is 22.7 Å². The summed E-state index contributed by atoms with van der Waals surface area (Å²) in [7, 11) is -5.63. The molecule has 0 unspecified atom stereocenters. The van der Waals surface area contributed by atoms with E-state index < -0.39 is 16.1 Å². The molecule has 0 aliphatic carbocycles. The van der Waals surface area contributed by atoms with Gasteiger partial charge in [0, 0.05) is 33.5 Å². The van der Waals surface area contributed by atoms with Gasteiger partial charge in [0.1, 0.15) is 0 Å². The topological polar surface area (TPSA) is 8.17 Å². The molecule has 2 aliphatic heterocycles.